The first-order valence-corrected chi connectivity index (χ1v) is 7.24. The molecular formula is C14H21BrN2O. The number of methoxy groups -OCH3 is 1. The maximum absolute atomic E-state index is 5.92. The number of rotatable bonds is 3. The fourth-order valence-corrected chi connectivity index (χ4v) is 3.17. The Kier molecular flexibility index (Phi) is 4.65. The maximum Gasteiger partial charge on any atom is 0.0746 e. The molecule has 4 heteroatoms. The van der Waals surface area contributed by atoms with Crippen molar-refractivity contribution in [2.45, 2.75) is 31.9 Å². The number of anilines is 1. The quantitative estimate of drug-likeness (QED) is 0.932. The third-order valence-electron chi connectivity index (χ3n) is 3.55. The van der Waals surface area contributed by atoms with Gasteiger partial charge in [-0.05, 0) is 37.5 Å². The van der Waals surface area contributed by atoms with Gasteiger partial charge in [0.15, 0.2) is 0 Å². The summed E-state index contributed by atoms with van der Waals surface area (Å²) in [5.74, 6) is 0. The van der Waals surface area contributed by atoms with Gasteiger partial charge in [0.05, 0.1) is 6.10 Å². The van der Waals surface area contributed by atoms with Crippen molar-refractivity contribution in [3.05, 3.63) is 28.2 Å². The molecule has 1 saturated heterocycles. The van der Waals surface area contributed by atoms with Crippen molar-refractivity contribution in [3.63, 3.8) is 0 Å². The molecule has 0 amide bonds. The zero-order valence-electron chi connectivity index (χ0n) is 11.0. The topological polar surface area (TPSA) is 38.5 Å². The summed E-state index contributed by atoms with van der Waals surface area (Å²) in [6, 6.07) is 6.49. The van der Waals surface area contributed by atoms with Gasteiger partial charge in [-0.15, -0.1) is 0 Å². The van der Waals surface area contributed by atoms with Crippen LogP contribution in [-0.2, 0) is 4.74 Å². The molecule has 0 bridgehead atoms. The van der Waals surface area contributed by atoms with Crippen LogP contribution < -0.4 is 10.6 Å². The van der Waals surface area contributed by atoms with Gasteiger partial charge in [-0.1, -0.05) is 22.0 Å². The lowest BCUT2D eigenvalue weighted by Gasteiger charge is -2.34. The van der Waals surface area contributed by atoms with Crippen molar-refractivity contribution in [3.8, 4) is 0 Å². The Bertz CT molecular complexity index is 409. The molecule has 2 atom stereocenters. The van der Waals surface area contributed by atoms with Gasteiger partial charge >= 0.3 is 0 Å². The molecule has 18 heavy (non-hydrogen) atoms. The van der Waals surface area contributed by atoms with Gasteiger partial charge in [0.1, 0.15) is 0 Å². The summed E-state index contributed by atoms with van der Waals surface area (Å²) in [4.78, 5) is 2.38. The Morgan fingerprint density at radius 2 is 2.28 bits per heavy atom. The lowest BCUT2D eigenvalue weighted by atomic mass is 10.1. The molecule has 1 aliphatic heterocycles. The molecule has 0 aliphatic carbocycles. The van der Waals surface area contributed by atoms with Crippen LogP contribution >= 0.6 is 15.9 Å². The Labute approximate surface area is 117 Å². The molecule has 1 aromatic rings. The van der Waals surface area contributed by atoms with Crippen LogP contribution in [0.25, 0.3) is 0 Å². The molecule has 3 nitrogen and oxygen atoms in total. The van der Waals surface area contributed by atoms with E-state index in [1.165, 1.54) is 12.1 Å². The molecule has 1 unspecified atom stereocenters. The molecule has 2 N–H and O–H groups in total. The predicted octanol–water partition coefficient (Wildman–Crippen LogP) is 3.08. The van der Waals surface area contributed by atoms with Gasteiger partial charge in [0.25, 0.3) is 0 Å². The van der Waals surface area contributed by atoms with Crippen molar-refractivity contribution in [2.24, 2.45) is 5.73 Å². The molecular weight excluding hydrogens is 292 g/mol. The van der Waals surface area contributed by atoms with Crippen LogP contribution in [0, 0.1) is 0 Å². The minimum absolute atomic E-state index is 0.0569. The van der Waals surface area contributed by atoms with E-state index in [4.69, 9.17) is 10.5 Å². The lowest BCUT2D eigenvalue weighted by Crippen LogP contribution is -2.39. The van der Waals surface area contributed by atoms with Gasteiger partial charge in [0, 0.05) is 36.4 Å². The van der Waals surface area contributed by atoms with Crippen LogP contribution in [-0.4, -0.2) is 26.3 Å². The average Bonchev–Trinajstić information content (AvgIpc) is 2.38. The number of nitrogens with two attached hydrogens (primary N) is 1. The molecule has 1 heterocycles. The highest BCUT2D eigenvalue weighted by Gasteiger charge is 2.20. The Morgan fingerprint density at radius 3 is 2.89 bits per heavy atom. The molecule has 100 valence electrons. The van der Waals surface area contributed by atoms with Crippen LogP contribution in [0.15, 0.2) is 22.7 Å². The van der Waals surface area contributed by atoms with Gasteiger partial charge < -0.3 is 15.4 Å². The highest BCUT2D eigenvalue weighted by Crippen LogP contribution is 2.29. The van der Waals surface area contributed by atoms with E-state index < -0.39 is 0 Å². The standard InChI is InChI=1S/C14H21BrN2O/c1-10(16)13-6-5-11(8-14(13)15)17-7-3-4-12(9-17)18-2/h5-6,8,10,12H,3-4,7,9,16H2,1-2H3/t10-,12?/m0/s1. The number of hydrogen-bond donors (Lipinski definition) is 1. The third kappa shape index (κ3) is 3.05. The second kappa shape index (κ2) is 6.04. The SMILES string of the molecule is COC1CCCN(c2ccc([C@H](C)N)c(Br)c2)C1. The van der Waals surface area contributed by atoms with Crippen LogP contribution in [0.3, 0.4) is 0 Å². The van der Waals surface area contributed by atoms with Crippen LogP contribution in [0.4, 0.5) is 5.69 Å². The molecule has 2 rings (SSSR count). The van der Waals surface area contributed by atoms with E-state index in [9.17, 15) is 0 Å². The first kappa shape index (κ1) is 13.8. The van der Waals surface area contributed by atoms with E-state index in [2.05, 4.69) is 39.0 Å². The van der Waals surface area contributed by atoms with Crippen LogP contribution in [0.5, 0.6) is 0 Å². The molecule has 0 radical (unpaired) electrons. The molecule has 1 aliphatic rings. The number of ether oxygens (including phenoxy) is 1. The van der Waals surface area contributed by atoms with Crippen molar-refractivity contribution in [1.82, 2.24) is 0 Å². The normalized spacial score (nSPS) is 22.0. The van der Waals surface area contributed by atoms with Gasteiger partial charge in [-0.25, -0.2) is 0 Å². The van der Waals surface area contributed by atoms with Crippen molar-refractivity contribution in [1.29, 1.82) is 0 Å². The Morgan fingerprint density at radius 1 is 1.50 bits per heavy atom. The predicted molar refractivity (Wildman–Crippen MR) is 79.0 cm³/mol. The third-order valence-corrected chi connectivity index (χ3v) is 4.24. The molecule has 0 spiro atoms. The van der Waals surface area contributed by atoms with E-state index in [0.717, 1.165) is 29.5 Å². The number of halogens is 1. The molecule has 1 fully saturated rings. The zero-order chi connectivity index (χ0) is 13.1. The highest BCUT2D eigenvalue weighted by atomic mass is 79.9. The molecule has 1 aromatic carbocycles. The summed E-state index contributed by atoms with van der Waals surface area (Å²) in [6.45, 7) is 4.08. The maximum atomic E-state index is 5.92. The zero-order valence-corrected chi connectivity index (χ0v) is 12.6. The smallest absolute Gasteiger partial charge is 0.0746 e. The summed E-state index contributed by atoms with van der Waals surface area (Å²) < 4.78 is 6.55. The van der Waals surface area contributed by atoms with E-state index in [1.54, 1.807) is 7.11 Å². The number of hydrogen-bond acceptors (Lipinski definition) is 3. The van der Waals surface area contributed by atoms with Gasteiger partial charge in [-0.2, -0.15) is 0 Å². The van der Waals surface area contributed by atoms with E-state index in [0.29, 0.717) is 6.10 Å². The summed E-state index contributed by atoms with van der Waals surface area (Å²) >= 11 is 3.61. The number of piperidine rings is 1. The second-order valence-corrected chi connectivity index (χ2v) is 5.79. The van der Waals surface area contributed by atoms with E-state index in [1.807, 2.05) is 6.92 Å². The largest absolute Gasteiger partial charge is 0.380 e. The highest BCUT2D eigenvalue weighted by molar-refractivity contribution is 9.10. The Hall–Kier alpha value is -0.580. The number of benzene rings is 1. The lowest BCUT2D eigenvalue weighted by molar-refractivity contribution is 0.0893. The first-order chi connectivity index (χ1) is 8.61. The number of nitrogens with zero attached hydrogens (tertiary/aromatic N) is 1. The minimum atomic E-state index is 0.0569. The van der Waals surface area contributed by atoms with Crippen LogP contribution in [0.1, 0.15) is 31.4 Å². The van der Waals surface area contributed by atoms with E-state index >= 15 is 0 Å². The fraction of sp³-hybridized carbons (Fsp3) is 0.571. The second-order valence-electron chi connectivity index (χ2n) is 4.94. The summed E-state index contributed by atoms with van der Waals surface area (Å²) in [5.41, 5.74) is 8.32. The average molecular weight is 313 g/mol. The van der Waals surface area contributed by atoms with Gasteiger partial charge in [0.2, 0.25) is 0 Å². The molecule has 0 aromatic heterocycles. The van der Waals surface area contributed by atoms with Crippen molar-refractivity contribution >= 4 is 21.6 Å². The fourth-order valence-electron chi connectivity index (χ4n) is 2.45. The first-order valence-electron chi connectivity index (χ1n) is 6.44. The van der Waals surface area contributed by atoms with Crippen molar-refractivity contribution < 1.29 is 4.74 Å². The van der Waals surface area contributed by atoms with Gasteiger partial charge in [-0.3, -0.25) is 0 Å². The Balaban J connectivity index is 2.16. The van der Waals surface area contributed by atoms with Crippen molar-refractivity contribution in [2.75, 3.05) is 25.1 Å². The molecule has 0 saturated carbocycles. The summed E-state index contributed by atoms with van der Waals surface area (Å²) in [6.07, 6.45) is 2.70. The van der Waals surface area contributed by atoms with Crippen LogP contribution in [0.2, 0.25) is 0 Å². The summed E-state index contributed by atoms with van der Waals surface area (Å²) in [7, 11) is 1.79. The minimum Gasteiger partial charge on any atom is -0.380 e. The monoisotopic (exact) mass is 312 g/mol. The summed E-state index contributed by atoms with van der Waals surface area (Å²) in [5, 5.41) is 0. The van der Waals surface area contributed by atoms with E-state index in [-0.39, 0.29) is 6.04 Å².